The molecule has 0 aliphatic carbocycles. The van der Waals surface area contributed by atoms with Gasteiger partial charge in [0.05, 0.1) is 5.56 Å². The number of aryl methyl sites for hydroxylation is 1. The Hall–Kier alpha value is -0.100. The van der Waals surface area contributed by atoms with Gasteiger partial charge in [0.25, 0.3) is 5.91 Å². The number of hydrogen-bond donors (Lipinski definition) is 0. The van der Waals surface area contributed by atoms with Crippen LogP contribution in [-0.4, -0.2) is 29.2 Å². The van der Waals surface area contributed by atoms with E-state index in [-0.39, 0.29) is 5.91 Å². The molecular formula is C13H15BrINO. The molecule has 1 saturated heterocycles. The van der Waals surface area contributed by atoms with Crippen molar-refractivity contribution in [3.05, 3.63) is 32.9 Å². The molecule has 1 aliphatic heterocycles. The van der Waals surface area contributed by atoms with Crippen molar-refractivity contribution < 1.29 is 4.79 Å². The molecule has 1 fully saturated rings. The summed E-state index contributed by atoms with van der Waals surface area (Å²) in [5, 5.41) is 0.988. The van der Waals surface area contributed by atoms with Crippen molar-refractivity contribution in [2.24, 2.45) is 5.92 Å². The smallest absolute Gasteiger partial charge is 0.254 e. The van der Waals surface area contributed by atoms with Crippen LogP contribution in [0.1, 0.15) is 22.3 Å². The Kier molecular flexibility index (Phi) is 4.47. The highest BCUT2D eigenvalue weighted by atomic mass is 127. The first-order chi connectivity index (χ1) is 8.13. The summed E-state index contributed by atoms with van der Waals surface area (Å²) in [5.41, 5.74) is 2.02. The Morgan fingerprint density at radius 1 is 1.59 bits per heavy atom. The van der Waals surface area contributed by atoms with Gasteiger partial charge in [-0.2, -0.15) is 0 Å². The second-order valence-electron chi connectivity index (χ2n) is 4.50. The highest BCUT2D eigenvalue weighted by Gasteiger charge is 2.27. The predicted molar refractivity (Wildman–Crippen MR) is 81.7 cm³/mol. The largest absolute Gasteiger partial charge is 0.338 e. The lowest BCUT2D eigenvalue weighted by Crippen LogP contribution is -2.29. The molecule has 0 aromatic heterocycles. The van der Waals surface area contributed by atoms with Crippen LogP contribution in [0.3, 0.4) is 0 Å². The van der Waals surface area contributed by atoms with Gasteiger partial charge in [-0.3, -0.25) is 4.79 Å². The van der Waals surface area contributed by atoms with Crippen LogP contribution in [0.15, 0.2) is 18.2 Å². The molecule has 0 saturated carbocycles. The van der Waals surface area contributed by atoms with Crippen molar-refractivity contribution >= 4 is 44.4 Å². The van der Waals surface area contributed by atoms with E-state index in [9.17, 15) is 4.79 Å². The molecule has 1 amide bonds. The maximum absolute atomic E-state index is 12.4. The number of likely N-dealkylation sites (tertiary alicyclic amines) is 1. The van der Waals surface area contributed by atoms with E-state index in [4.69, 9.17) is 0 Å². The normalized spacial score (nSPS) is 19.7. The van der Waals surface area contributed by atoms with Crippen LogP contribution < -0.4 is 0 Å². The molecule has 0 spiro atoms. The molecule has 1 atom stereocenters. The van der Waals surface area contributed by atoms with Crippen LogP contribution in [0.25, 0.3) is 0 Å². The summed E-state index contributed by atoms with van der Waals surface area (Å²) in [4.78, 5) is 14.4. The van der Waals surface area contributed by atoms with E-state index in [0.29, 0.717) is 5.92 Å². The zero-order valence-electron chi connectivity index (χ0n) is 9.75. The minimum atomic E-state index is 0.182. The van der Waals surface area contributed by atoms with Crippen LogP contribution in [0.2, 0.25) is 0 Å². The fraction of sp³-hybridized carbons (Fsp3) is 0.462. The quantitative estimate of drug-likeness (QED) is 0.543. The van der Waals surface area contributed by atoms with Crippen molar-refractivity contribution in [2.45, 2.75) is 13.3 Å². The van der Waals surface area contributed by atoms with Crippen LogP contribution in [0, 0.1) is 16.4 Å². The van der Waals surface area contributed by atoms with Gasteiger partial charge in [-0.1, -0.05) is 28.1 Å². The van der Waals surface area contributed by atoms with E-state index in [1.54, 1.807) is 0 Å². The van der Waals surface area contributed by atoms with Gasteiger partial charge >= 0.3 is 0 Å². The van der Waals surface area contributed by atoms with Crippen LogP contribution in [-0.2, 0) is 0 Å². The number of amides is 1. The van der Waals surface area contributed by atoms with E-state index < -0.39 is 0 Å². The number of alkyl halides is 1. The zero-order valence-corrected chi connectivity index (χ0v) is 13.5. The summed E-state index contributed by atoms with van der Waals surface area (Å²) in [6.45, 7) is 3.82. The van der Waals surface area contributed by atoms with E-state index in [0.717, 1.165) is 34.0 Å². The number of benzene rings is 1. The Morgan fingerprint density at radius 2 is 2.35 bits per heavy atom. The third-order valence-corrected chi connectivity index (χ3v) is 5.56. The number of carbonyl (C=O) groups excluding carboxylic acids is 1. The van der Waals surface area contributed by atoms with Gasteiger partial charge in [-0.15, -0.1) is 0 Å². The molecule has 1 aromatic rings. The first kappa shape index (κ1) is 13.3. The Labute approximate surface area is 124 Å². The molecule has 2 rings (SSSR count). The van der Waals surface area contributed by atoms with Crippen LogP contribution in [0.5, 0.6) is 0 Å². The van der Waals surface area contributed by atoms with Crippen molar-refractivity contribution in [3.63, 3.8) is 0 Å². The summed E-state index contributed by atoms with van der Waals surface area (Å²) >= 11 is 5.76. The van der Waals surface area contributed by atoms with Gasteiger partial charge in [0.2, 0.25) is 0 Å². The maximum Gasteiger partial charge on any atom is 0.254 e. The maximum atomic E-state index is 12.4. The fourth-order valence-electron chi connectivity index (χ4n) is 2.13. The van der Waals surface area contributed by atoms with Gasteiger partial charge in [-0.05, 0) is 53.5 Å². The highest BCUT2D eigenvalue weighted by Crippen LogP contribution is 2.23. The Morgan fingerprint density at radius 3 is 3.00 bits per heavy atom. The highest BCUT2D eigenvalue weighted by molar-refractivity contribution is 14.1. The second-order valence-corrected chi connectivity index (χ2v) is 6.22. The summed E-state index contributed by atoms with van der Waals surface area (Å²) < 4.78 is 1.08. The van der Waals surface area contributed by atoms with E-state index >= 15 is 0 Å². The SMILES string of the molecule is Cc1cccc(C(=O)N2CCC(CBr)C2)c1I. The molecule has 1 unspecified atom stereocenters. The number of rotatable bonds is 2. The average molecular weight is 408 g/mol. The molecule has 1 aromatic carbocycles. The molecule has 17 heavy (non-hydrogen) atoms. The molecule has 1 heterocycles. The van der Waals surface area contributed by atoms with Gasteiger partial charge < -0.3 is 4.90 Å². The molecule has 0 N–H and O–H groups in total. The molecular weight excluding hydrogens is 393 g/mol. The lowest BCUT2D eigenvalue weighted by Gasteiger charge is -2.17. The first-order valence-electron chi connectivity index (χ1n) is 5.74. The number of carbonyl (C=O) groups is 1. The topological polar surface area (TPSA) is 20.3 Å². The van der Waals surface area contributed by atoms with Crippen LogP contribution in [0.4, 0.5) is 0 Å². The lowest BCUT2D eigenvalue weighted by atomic mass is 10.1. The monoisotopic (exact) mass is 407 g/mol. The minimum Gasteiger partial charge on any atom is -0.338 e. The molecule has 0 radical (unpaired) electrons. The van der Waals surface area contributed by atoms with Crippen LogP contribution >= 0.6 is 38.5 Å². The third-order valence-electron chi connectivity index (χ3n) is 3.21. The summed E-state index contributed by atoms with van der Waals surface area (Å²) in [5.74, 6) is 0.794. The van der Waals surface area contributed by atoms with Gasteiger partial charge in [0, 0.05) is 22.0 Å². The van der Waals surface area contributed by atoms with E-state index in [2.05, 4.69) is 38.5 Å². The fourth-order valence-corrected chi connectivity index (χ4v) is 3.24. The average Bonchev–Trinajstić information content (AvgIpc) is 2.80. The summed E-state index contributed by atoms with van der Waals surface area (Å²) in [7, 11) is 0. The van der Waals surface area contributed by atoms with Crippen molar-refractivity contribution in [3.8, 4) is 0 Å². The number of hydrogen-bond acceptors (Lipinski definition) is 1. The standard InChI is InChI=1S/C13H15BrINO/c1-9-3-2-4-11(12(9)15)13(17)16-6-5-10(7-14)8-16/h2-4,10H,5-8H2,1H3. The van der Waals surface area contributed by atoms with Gasteiger partial charge in [0.15, 0.2) is 0 Å². The third kappa shape index (κ3) is 2.84. The molecule has 4 heteroatoms. The Balaban J connectivity index is 2.18. The predicted octanol–water partition coefficient (Wildman–Crippen LogP) is 3.46. The molecule has 92 valence electrons. The summed E-state index contributed by atoms with van der Waals surface area (Å²) in [6, 6.07) is 5.94. The van der Waals surface area contributed by atoms with E-state index in [1.807, 2.05) is 30.0 Å². The number of halogens is 2. The van der Waals surface area contributed by atoms with Gasteiger partial charge in [-0.25, -0.2) is 0 Å². The van der Waals surface area contributed by atoms with Crippen molar-refractivity contribution in [1.29, 1.82) is 0 Å². The first-order valence-corrected chi connectivity index (χ1v) is 7.94. The minimum absolute atomic E-state index is 0.182. The molecule has 2 nitrogen and oxygen atoms in total. The second kappa shape index (κ2) is 5.69. The van der Waals surface area contributed by atoms with Crippen molar-refractivity contribution in [1.82, 2.24) is 4.90 Å². The number of nitrogens with zero attached hydrogens (tertiary/aromatic N) is 1. The Bertz CT molecular complexity index is 435. The van der Waals surface area contributed by atoms with E-state index in [1.165, 1.54) is 5.56 Å². The summed E-state index contributed by atoms with van der Waals surface area (Å²) in [6.07, 6.45) is 1.11. The lowest BCUT2D eigenvalue weighted by molar-refractivity contribution is 0.0787. The van der Waals surface area contributed by atoms with Gasteiger partial charge in [0.1, 0.15) is 0 Å². The molecule has 1 aliphatic rings. The molecule has 0 bridgehead atoms. The van der Waals surface area contributed by atoms with Crippen molar-refractivity contribution in [2.75, 3.05) is 18.4 Å². The zero-order chi connectivity index (χ0) is 12.4.